The molecule has 9 nitrogen and oxygen atoms in total. The first kappa shape index (κ1) is 43.4. The van der Waals surface area contributed by atoms with Crippen molar-refractivity contribution in [1.29, 1.82) is 0 Å². The van der Waals surface area contributed by atoms with Crippen LogP contribution in [0.2, 0.25) is 0 Å². The molecule has 1 aromatic rings. The summed E-state index contributed by atoms with van der Waals surface area (Å²) in [7, 11) is 0. The van der Waals surface area contributed by atoms with Crippen LogP contribution in [0.25, 0.3) is 0 Å². The molecule has 0 amide bonds. The normalized spacial score (nSPS) is 32.4. The Hall–Kier alpha value is -0.220. The Balaban J connectivity index is 1.13. The molecule has 1 saturated carbocycles. The minimum absolute atomic E-state index is 0.00197. The van der Waals surface area contributed by atoms with Crippen LogP contribution < -0.4 is 0 Å². The van der Waals surface area contributed by atoms with Crippen molar-refractivity contribution in [3.8, 4) is 0 Å². The fourth-order valence-corrected chi connectivity index (χ4v) is 11.2. The first-order valence-electron chi connectivity index (χ1n) is 21.0. The molecule has 4 aliphatic heterocycles. The molecule has 12 heteroatoms. The fourth-order valence-electron chi connectivity index (χ4n) is 8.29. The third kappa shape index (κ3) is 14.6. The van der Waals surface area contributed by atoms with Crippen LogP contribution in [0.5, 0.6) is 0 Å². The first-order chi connectivity index (χ1) is 26.5. The fraction of sp³-hybridized carbons (Fsp3) is 0.810. The van der Waals surface area contributed by atoms with Gasteiger partial charge >= 0.3 is 0 Å². The van der Waals surface area contributed by atoms with Gasteiger partial charge in [-0.3, -0.25) is 0 Å². The molecule has 5 fully saturated rings. The van der Waals surface area contributed by atoms with Gasteiger partial charge in [-0.2, -0.15) is 0 Å². The van der Waals surface area contributed by atoms with Gasteiger partial charge < -0.3 is 43.0 Å². The number of hydrogen-bond acceptors (Lipinski definition) is 10. The summed E-state index contributed by atoms with van der Waals surface area (Å²) in [5, 5.41) is 10.5. The molecule has 0 spiro atoms. The van der Waals surface area contributed by atoms with E-state index in [2.05, 4.69) is 62.2 Å². The zero-order valence-electron chi connectivity index (χ0n) is 32.0. The van der Waals surface area contributed by atoms with Crippen molar-refractivity contribution in [3.05, 3.63) is 43.5 Å². The van der Waals surface area contributed by atoms with Gasteiger partial charge in [0, 0.05) is 38.8 Å². The average Bonchev–Trinajstić information content (AvgIpc) is 3.70. The van der Waals surface area contributed by atoms with Crippen LogP contribution in [0, 0.1) is 11.8 Å². The van der Waals surface area contributed by atoms with Crippen molar-refractivity contribution >= 4 is 43.2 Å². The molecular formula is C42H64Br2O9S. The molecule has 5 heterocycles. The summed E-state index contributed by atoms with van der Waals surface area (Å²) in [6.45, 7) is 3.34. The summed E-state index contributed by atoms with van der Waals surface area (Å²) in [5.41, 5.74) is 1.29. The highest BCUT2D eigenvalue weighted by atomic mass is 79.9. The van der Waals surface area contributed by atoms with E-state index in [4.69, 9.17) is 37.9 Å². The zero-order chi connectivity index (χ0) is 37.4. The Bertz CT molecular complexity index is 1240. The Morgan fingerprint density at radius 1 is 0.778 bits per heavy atom. The van der Waals surface area contributed by atoms with Crippen molar-refractivity contribution in [3.63, 3.8) is 0 Å². The maximum absolute atomic E-state index is 10.5. The third-order valence-electron chi connectivity index (χ3n) is 11.3. The summed E-state index contributed by atoms with van der Waals surface area (Å²) in [6.07, 6.45) is 26.5. The van der Waals surface area contributed by atoms with Crippen LogP contribution in [0.1, 0.15) is 121 Å². The maximum Gasteiger partial charge on any atom is 0.158 e. The lowest BCUT2D eigenvalue weighted by Crippen LogP contribution is -2.31. The number of unbranched alkanes of at least 4 members (excludes halogenated alkanes) is 1. The van der Waals surface area contributed by atoms with Gasteiger partial charge in [-0.1, -0.05) is 24.3 Å². The second-order valence-corrected chi connectivity index (χ2v) is 19.3. The van der Waals surface area contributed by atoms with E-state index in [0.29, 0.717) is 13.0 Å². The molecule has 6 rings (SSSR count). The van der Waals surface area contributed by atoms with Crippen LogP contribution in [0.3, 0.4) is 0 Å². The molecule has 0 aromatic carbocycles. The van der Waals surface area contributed by atoms with E-state index in [0.717, 1.165) is 150 Å². The predicted octanol–water partition coefficient (Wildman–Crippen LogP) is 10.2. The van der Waals surface area contributed by atoms with Crippen molar-refractivity contribution in [1.82, 2.24) is 0 Å². The van der Waals surface area contributed by atoms with Crippen molar-refractivity contribution < 1.29 is 43.0 Å². The van der Waals surface area contributed by atoms with Crippen LogP contribution in [-0.4, -0.2) is 87.7 Å². The highest BCUT2D eigenvalue weighted by Crippen LogP contribution is 2.42. The van der Waals surface area contributed by atoms with E-state index in [9.17, 15) is 5.11 Å². The van der Waals surface area contributed by atoms with Crippen molar-refractivity contribution in [2.45, 2.75) is 172 Å². The van der Waals surface area contributed by atoms with Gasteiger partial charge in [-0.05, 0) is 165 Å². The lowest BCUT2D eigenvalue weighted by molar-refractivity contribution is -0.203. The second-order valence-electron chi connectivity index (χ2n) is 15.6. The number of allylic oxidation sites excluding steroid dienone is 2. The topological polar surface area (TPSA) is 94.1 Å². The van der Waals surface area contributed by atoms with E-state index < -0.39 is 6.10 Å². The molecular weight excluding hydrogens is 840 g/mol. The van der Waals surface area contributed by atoms with Gasteiger partial charge in [0.15, 0.2) is 25.2 Å². The predicted molar refractivity (Wildman–Crippen MR) is 217 cm³/mol. The minimum Gasteiger partial charge on any atom is -0.391 e. The van der Waals surface area contributed by atoms with Gasteiger partial charge in [0.25, 0.3) is 0 Å². The first-order valence-corrected chi connectivity index (χ1v) is 23.4. The van der Waals surface area contributed by atoms with Gasteiger partial charge in [-0.15, -0.1) is 11.3 Å². The smallest absolute Gasteiger partial charge is 0.158 e. The van der Waals surface area contributed by atoms with Crippen LogP contribution in [-0.2, 0) is 44.3 Å². The van der Waals surface area contributed by atoms with Gasteiger partial charge in [0.1, 0.15) is 0 Å². The van der Waals surface area contributed by atoms with E-state index in [1.807, 2.05) is 0 Å². The summed E-state index contributed by atoms with van der Waals surface area (Å²) in [6, 6.07) is 2.20. The summed E-state index contributed by atoms with van der Waals surface area (Å²) < 4.78 is 52.4. The number of ether oxygens (including phenoxy) is 8. The highest BCUT2D eigenvalue weighted by molar-refractivity contribution is 9.12. The highest BCUT2D eigenvalue weighted by Gasteiger charge is 2.45. The summed E-state index contributed by atoms with van der Waals surface area (Å²) in [5.74, 6) is 0.329. The SMILES string of the molecule is OC(CCC/C=C\C[C@@H]1[C@@H](/C=C/[C@H](CCc2cc(Br)sc2Br)OC2CCCCO2)[C@H](OC2CCCCO2)C[C@@H]1OC1CCCCO1)COC1CCCCO1. The monoisotopic (exact) mass is 902 g/mol. The summed E-state index contributed by atoms with van der Waals surface area (Å²) in [4.78, 5) is 0. The van der Waals surface area contributed by atoms with Crippen molar-refractivity contribution in [2.75, 3.05) is 33.0 Å². The van der Waals surface area contributed by atoms with Gasteiger partial charge in [0.2, 0.25) is 0 Å². The van der Waals surface area contributed by atoms with Gasteiger partial charge in [-0.25, -0.2) is 0 Å². The molecule has 5 unspecified atom stereocenters. The van der Waals surface area contributed by atoms with E-state index in [1.54, 1.807) is 11.3 Å². The lowest BCUT2D eigenvalue weighted by Gasteiger charge is -2.30. The number of aryl methyl sites for hydroxylation is 1. The molecule has 306 valence electrons. The summed E-state index contributed by atoms with van der Waals surface area (Å²) >= 11 is 9.12. The largest absolute Gasteiger partial charge is 0.391 e. The number of halogens is 2. The number of thiophene rings is 1. The minimum atomic E-state index is -0.474. The second kappa shape index (κ2) is 24.0. The van der Waals surface area contributed by atoms with E-state index in [-0.39, 0.29) is 55.3 Å². The van der Waals surface area contributed by atoms with Crippen LogP contribution in [0.15, 0.2) is 37.9 Å². The molecule has 5 aliphatic rings. The van der Waals surface area contributed by atoms with Crippen LogP contribution >= 0.6 is 43.2 Å². The molecule has 0 radical (unpaired) electrons. The Labute approximate surface area is 344 Å². The number of hydrogen-bond donors (Lipinski definition) is 1. The maximum atomic E-state index is 10.5. The zero-order valence-corrected chi connectivity index (χ0v) is 36.0. The number of aliphatic hydroxyl groups excluding tert-OH is 1. The third-order valence-corrected chi connectivity index (χ3v) is 13.8. The molecule has 54 heavy (non-hydrogen) atoms. The Morgan fingerprint density at radius 3 is 2.02 bits per heavy atom. The van der Waals surface area contributed by atoms with E-state index >= 15 is 0 Å². The standard InChI is InChI=1S/C42H64Br2O9S/c43-37-27-30(42(44)54-37)19-20-32(51-39-16-6-10-24-47-39)21-22-34-33(14-4-2-1-3-13-31(45)29-50-38-15-5-9-23-46-38)35(52-40-17-7-11-25-48-40)28-36(34)53-41-18-8-12-26-49-41/h2,4,21-22,27,31-36,38-41,45H,1,3,5-20,23-26,28-29H2/b4-2-,22-21+/t31?,32-,33+,34+,35-,36+,38?,39?,40?,41?/m0/s1. The Morgan fingerprint density at radius 2 is 1.41 bits per heavy atom. The average molecular weight is 905 g/mol. The molecule has 1 aromatic heterocycles. The molecule has 1 aliphatic carbocycles. The Kier molecular flexibility index (Phi) is 19.3. The molecule has 4 saturated heterocycles. The van der Waals surface area contributed by atoms with Crippen molar-refractivity contribution in [2.24, 2.45) is 11.8 Å². The number of rotatable bonds is 20. The molecule has 10 atom stereocenters. The molecule has 1 N–H and O–H groups in total. The number of aliphatic hydroxyl groups is 1. The van der Waals surface area contributed by atoms with E-state index in [1.165, 1.54) is 5.56 Å². The van der Waals surface area contributed by atoms with Crippen LogP contribution in [0.4, 0.5) is 0 Å². The molecule has 0 bridgehead atoms. The van der Waals surface area contributed by atoms with Gasteiger partial charge in [0.05, 0.1) is 38.6 Å². The lowest BCUT2D eigenvalue weighted by atomic mass is 9.89. The quantitative estimate of drug-likeness (QED) is 0.101.